The molecule has 1 fully saturated rings. The molecule has 2 aliphatic rings. The van der Waals surface area contributed by atoms with Crippen LogP contribution in [0.1, 0.15) is 28.8 Å². The van der Waals surface area contributed by atoms with Gasteiger partial charge in [0.1, 0.15) is 12.4 Å². The van der Waals surface area contributed by atoms with Gasteiger partial charge >= 0.3 is 0 Å². The van der Waals surface area contributed by atoms with E-state index in [0.717, 1.165) is 33.7 Å². The van der Waals surface area contributed by atoms with Crippen LogP contribution in [0.2, 0.25) is 0 Å². The highest BCUT2D eigenvalue weighted by molar-refractivity contribution is 6.05. The molecule has 1 saturated heterocycles. The third-order valence-corrected chi connectivity index (χ3v) is 6.28. The van der Waals surface area contributed by atoms with E-state index in [0.29, 0.717) is 18.5 Å². The molecule has 2 aliphatic heterocycles. The normalized spacial score (nSPS) is 18.2. The van der Waals surface area contributed by atoms with Gasteiger partial charge in [-0.1, -0.05) is 6.07 Å². The summed E-state index contributed by atoms with van der Waals surface area (Å²) in [6.07, 6.45) is 5.74. The quantitative estimate of drug-likeness (QED) is 0.483. The molecule has 5 heterocycles. The first-order chi connectivity index (χ1) is 16.0. The Morgan fingerprint density at radius 3 is 2.76 bits per heavy atom. The highest BCUT2D eigenvalue weighted by Gasteiger charge is 2.39. The summed E-state index contributed by atoms with van der Waals surface area (Å²) < 4.78 is 3.66. The number of aromatic nitrogens is 5. The van der Waals surface area contributed by atoms with Crippen LogP contribution in [0.4, 0.5) is 0 Å². The number of rotatable bonds is 3. The van der Waals surface area contributed by atoms with E-state index in [4.69, 9.17) is 0 Å². The van der Waals surface area contributed by atoms with Gasteiger partial charge in [-0.2, -0.15) is 5.10 Å². The Morgan fingerprint density at radius 1 is 1.06 bits per heavy atom. The summed E-state index contributed by atoms with van der Waals surface area (Å²) in [4.78, 5) is 47.1. The summed E-state index contributed by atoms with van der Waals surface area (Å²) in [5, 5.41) is 6.55. The van der Waals surface area contributed by atoms with Crippen molar-refractivity contribution >= 4 is 23.4 Å². The molecule has 0 bridgehead atoms. The van der Waals surface area contributed by atoms with E-state index >= 15 is 0 Å². The number of carbonyl (C=O) groups is 3. The van der Waals surface area contributed by atoms with E-state index in [1.54, 1.807) is 21.8 Å². The minimum absolute atomic E-state index is 0.191. The average molecular weight is 441 g/mol. The number of aryl methyl sites for hydroxylation is 1. The Morgan fingerprint density at radius 2 is 1.91 bits per heavy atom. The molecule has 0 spiro atoms. The average Bonchev–Trinajstić information content (AvgIpc) is 3.50. The van der Waals surface area contributed by atoms with Crippen LogP contribution in [0.3, 0.4) is 0 Å². The molecule has 0 unspecified atom stereocenters. The smallest absolute Gasteiger partial charge is 0.255 e. The van der Waals surface area contributed by atoms with Crippen LogP contribution in [0, 0.1) is 0 Å². The van der Waals surface area contributed by atoms with Gasteiger partial charge in [0, 0.05) is 42.9 Å². The summed E-state index contributed by atoms with van der Waals surface area (Å²) in [6.45, 7) is 0.321. The monoisotopic (exact) mass is 441 g/mol. The number of imidazole rings is 1. The Balaban J connectivity index is 1.36. The molecule has 0 radical (unpaired) electrons. The van der Waals surface area contributed by atoms with Crippen molar-refractivity contribution < 1.29 is 14.4 Å². The van der Waals surface area contributed by atoms with Crippen LogP contribution >= 0.6 is 0 Å². The van der Waals surface area contributed by atoms with Gasteiger partial charge in [0.25, 0.3) is 5.91 Å². The maximum absolute atomic E-state index is 13.0. The number of imide groups is 1. The van der Waals surface area contributed by atoms with Crippen molar-refractivity contribution in [2.24, 2.45) is 7.05 Å². The molecule has 3 aromatic heterocycles. The number of hydrogen-bond acceptors (Lipinski definition) is 6. The summed E-state index contributed by atoms with van der Waals surface area (Å²) in [5.41, 5.74) is 5.68. The molecule has 0 saturated carbocycles. The minimum atomic E-state index is -0.633. The second-order valence-corrected chi connectivity index (χ2v) is 8.31. The molecule has 10 heteroatoms. The number of piperidine rings is 1. The lowest BCUT2D eigenvalue weighted by Crippen LogP contribution is -2.52. The van der Waals surface area contributed by atoms with Crippen molar-refractivity contribution in [3.05, 3.63) is 60.3 Å². The number of hydrogen-bond donors (Lipinski definition) is 1. The largest absolute Gasteiger partial charge is 0.333 e. The van der Waals surface area contributed by atoms with Crippen LogP contribution in [-0.2, 0) is 23.2 Å². The number of pyridine rings is 1. The Hall–Kier alpha value is -4.34. The number of fused-ring (bicyclic) bond motifs is 2. The summed E-state index contributed by atoms with van der Waals surface area (Å²) in [5.74, 6) is -0.901. The van der Waals surface area contributed by atoms with E-state index in [-0.39, 0.29) is 18.2 Å². The summed E-state index contributed by atoms with van der Waals surface area (Å²) >= 11 is 0. The topological polar surface area (TPSA) is 114 Å². The van der Waals surface area contributed by atoms with Gasteiger partial charge < -0.3 is 9.47 Å². The highest BCUT2D eigenvalue weighted by atomic mass is 16.2. The molecule has 3 amide bonds. The van der Waals surface area contributed by atoms with Crippen molar-refractivity contribution in [3.63, 3.8) is 0 Å². The maximum Gasteiger partial charge on any atom is 0.255 e. The third kappa shape index (κ3) is 3.02. The second kappa shape index (κ2) is 7.09. The van der Waals surface area contributed by atoms with Crippen LogP contribution in [-0.4, -0.2) is 52.8 Å². The number of benzene rings is 1. The van der Waals surface area contributed by atoms with Crippen LogP contribution in [0.15, 0.2) is 49.2 Å². The van der Waals surface area contributed by atoms with Gasteiger partial charge in [-0.25, -0.2) is 14.5 Å². The molecule has 1 aromatic carbocycles. The first-order valence-corrected chi connectivity index (χ1v) is 10.6. The predicted molar refractivity (Wildman–Crippen MR) is 117 cm³/mol. The van der Waals surface area contributed by atoms with Gasteiger partial charge in [-0.15, -0.1) is 0 Å². The molecule has 164 valence electrons. The molecule has 1 atom stereocenters. The van der Waals surface area contributed by atoms with Gasteiger partial charge in [0.05, 0.1) is 17.7 Å². The zero-order valence-electron chi connectivity index (χ0n) is 17.7. The zero-order chi connectivity index (χ0) is 22.7. The van der Waals surface area contributed by atoms with Crippen molar-refractivity contribution in [3.8, 4) is 22.5 Å². The summed E-state index contributed by atoms with van der Waals surface area (Å²) in [7, 11) is 1.93. The number of amides is 3. The Labute approximate surface area is 187 Å². The first-order valence-electron chi connectivity index (χ1n) is 10.6. The zero-order valence-corrected chi connectivity index (χ0v) is 17.7. The van der Waals surface area contributed by atoms with E-state index < -0.39 is 11.9 Å². The van der Waals surface area contributed by atoms with E-state index in [1.165, 1.54) is 6.33 Å². The molecule has 33 heavy (non-hydrogen) atoms. The molecule has 10 nitrogen and oxygen atoms in total. The van der Waals surface area contributed by atoms with E-state index in [1.807, 2.05) is 42.1 Å². The summed E-state index contributed by atoms with van der Waals surface area (Å²) in [6, 6.07) is 8.87. The Bertz CT molecular complexity index is 1470. The molecular formula is C23H19N7O3. The Kier molecular flexibility index (Phi) is 4.16. The minimum Gasteiger partial charge on any atom is -0.333 e. The number of carbonyl (C=O) groups excluding carboxylic acids is 3. The van der Waals surface area contributed by atoms with Crippen molar-refractivity contribution in [1.82, 2.24) is 34.4 Å². The molecule has 4 aromatic rings. The first kappa shape index (κ1) is 19.4. The fourth-order valence-electron chi connectivity index (χ4n) is 4.66. The molecular weight excluding hydrogens is 422 g/mol. The van der Waals surface area contributed by atoms with Gasteiger partial charge in [-0.05, 0) is 36.2 Å². The van der Waals surface area contributed by atoms with Gasteiger partial charge in [-0.3, -0.25) is 19.7 Å². The highest BCUT2D eigenvalue weighted by Crippen LogP contribution is 2.35. The predicted octanol–water partition coefficient (Wildman–Crippen LogP) is 1.56. The lowest BCUT2D eigenvalue weighted by atomic mass is 10.0. The standard InChI is InChI=1S/C23H19N7O3/c1-28-12-25-20(21(28)14-3-6-18-24-11-26-30(18)10-14)13-2-4-16-15(8-13)9-29(23(16)33)17-5-7-19(31)27-22(17)32/h2-4,6,8,10-12,17H,5,7,9H2,1H3,(H,27,31,32)/t17-/m0/s1. The second-order valence-electron chi connectivity index (χ2n) is 8.31. The van der Waals surface area contributed by atoms with Crippen molar-refractivity contribution in [1.29, 1.82) is 0 Å². The van der Waals surface area contributed by atoms with Gasteiger partial charge in [0.15, 0.2) is 5.65 Å². The van der Waals surface area contributed by atoms with E-state index in [9.17, 15) is 14.4 Å². The number of nitrogens with one attached hydrogen (secondary N) is 1. The van der Waals surface area contributed by atoms with Crippen LogP contribution in [0.5, 0.6) is 0 Å². The number of nitrogens with zero attached hydrogens (tertiary/aromatic N) is 6. The van der Waals surface area contributed by atoms with Crippen molar-refractivity contribution in [2.45, 2.75) is 25.4 Å². The lowest BCUT2D eigenvalue weighted by molar-refractivity contribution is -0.136. The third-order valence-electron chi connectivity index (χ3n) is 6.28. The maximum atomic E-state index is 13.0. The van der Waals surface area contributed by atoms with Gasteiger partial charge in [0.2, 0.25) is 11.8 Å². The van der Waals surface area contributed by atoms with Crippen LogP contribution in [0.25, 0.3) is 28.2 Å². The van der Waals surface area contributed by atoms with Crippen molar-refractivity contribution in [2.75, 3.05) is 0 Å². The molecule has 0 aliphatic carbocycles. The fraction of sp³-hybridized carbons (Fsp3) is 0.217. The van der Waals surface area contributed by atoms with Crippen LogP contribution < -0.4 is 5.32 Å². The SMILES string of the molecule is Cn1cnc(-c2ccc3c(c2)CN([C@H]2CCC(=O)NC2=O)C3=O)c1-c1ccc2ncnn2c1. The lowest BCUT2D eigenvalue weighted by Gasteiger charge is -2.29. The van der Waals surface area contributed by atoms with E-state index in [2.05, 4.69) is 20.4 Å². The molecule has 6 rings (SSSR count). The molecule has 1 N–H and O–H groups in total. The fourth-order valence-corrected chi connectivity index (χ4v) is 4.66.